The van der Waals surface area contributed by atoms with Gasteiger partial charge in [0.15, 0.2) is 0 Å². The Balaban J connectivity index is 1.93. The predicted octanol–water partition coefficient (Wildman–Crippen LogP) is 4.42. The van der Waals surface area contributed by atoms with Gasteiger partial charge in [0, 0.05) is 17.4 Å². The van der Waals surface area contributed by atoms with Crippen LogP contribution >= 0.6 is 0 Å². The number of ketones is 1. The third-order valence-corrected chi connectivity index (χ3v) is 5.21. The molecule has 1 N–H and O–H groups in total. The number of aliphatic hydroxyl groups is 1. The highest BCUT2D eigenvalue weighted by molar-refractivity contribution is 6.51. The van der Waals surface area contributed by atoms with Gasteiger partial charge in [-0.3, -0.25) is 19.5 Å². The van der Waals surface area contributed by atoms with E-state index >= 15 is 0 Å². The highest BCUT2D eigenvalue weighted by Gasteiger charge is 2.47. The molecule has 0 spiro atoms. The molecule has 1 atom stereocenters. The Morgan fingerprint density at radius 3 is 2.55 bits per heavy atom. The van der Waals surface area contributed by atoms with Crippen molar-refractivity contribution >= 4 is 23.1 Å². The van der Waals surface area contributed by atoms with Gasteiger partial charge in [-0.15, -0.1) is 0 Å². The molecule has 156 valence electrons. The lowest BCUT2D eigenvalue weighted by Crippen LogP contribution is -2.30. The molecule has 3 aromatic rings. The van der Waals surface area contributed by atoms with Crippen LogP contribution in [0.5, 0.6) is 5.75 Å². The number of hydrogen-bond acceptors (Lipinski definition) is 5. The van der Waals surface area contributed by atoms with Crippen molar-refractivity contribution in [1.82, 2.24) is 4.98 Å². The topological polar surface area (TPSA) is 79.7 Å². The number of aryl methyl sites for hydroxylation is 1. The zero-order chi connectivity index (χ0) is 22.0. The standard InChI is InChI=1S/C25H22N2O4/c1-3-31-18-11-8-10-17(15-18)23(28)21-22(19-12-6-7-14-26-19)27(25(30)24(21)29)20-13-5-4-9-16(20)2/h4-15,22,28H,3H2,1-2H3/b23-21-. The number of carbonyl (C=O) groups excluding carboxylic acids is 2. The summed E-state index contributed by atoms with van der Waals surface area (Å²) in [5.41, 5.74) is 2.33. The lowest BCUT2D eigenvalue weighted by Gasteiger charge is -2.26. The minimum absolute atomic E-state index is 0.000557. The highest BCUT2D eigenvalue weighted by Crippen LogP contribution is 2.42. The van der Waals surface area contributed by atoms with Gasteiger partial charge in [0.05, 0.1) is 17.9 Å². The van der Waals surface area contributed by atoms with Crippen molar-refractivity contribution in [3.63, 3.8) is 0 Å². The fourth-order valence-electron chi connectivity index (χ4n) is 3.79. The highest BCUT2D eigenvalue weighted by atomic mass is 16.5. The van der Waals surface area contributed by atoms with Crippen molar-refractivity contribution in [2.45, 2.75) is 19.9 Å². The summed E-state index contributed by atoms with van der Waals surface area (Å²) >= 11 is 0. The van der Waals surface area contributed by atoms with Gasteiger partial charge >= 0.3 is 0 Å². The maximum absolute atomic E-state index is 13.1. The molecule has 4 rings (SSSR count). The number of aliphatic hydroxyl groups excluding tert-OH is 1. The van der Waals surface area contributed by atoms with Crippen molar-refractivity contribution in [1.29, 1.82) is 0 Å². The number of hydrogen-bond donors (Lipinski definition) is 1. The molecule has 1 fully saturated rings. The second kappa shape index (κ2) is 8.44. The second-order valence-corrected chi connectivity index (χ2v) is 7.17. The number of aromatic nitrogens is 1. The fraction of sp³-hybridized carbons (Fsp3) is 0.160. The predicted molar refractivity (Wildman–Crippen MR) is 118 cm³/mol. The number of rotatable bonds is 5. The van der Waals surface area contributed by atoms with Crippen LogP contribution in [-0.4, -0.2) is 28.4 Å². The maximum Gasteiger partial charge on any atom is 0.300 e. The zero-order valence-electron chi connectivity index (χ0n) is 17.3. The molecule has 1 saturated heterocycles. The van der Waals surface area contributed by atoms with Gasteiger partial charge < -0.3 is 9.84 Å². The fourth-order valence-corrected chi connectivity index (χ4v) is 3.79. The summed E-state index contributed by atoms with van der Waals surface area (Å²) in [4.78, 5) is 32.1. The number of Topliss-reactive ketones (excluding diaryl/α,β-unsaturated/α-hetero) is 1. The third-order valence-electron chi connectivity index (χ3n) is 5.21. The van der Waals surface area contributed by atoms with Crippen LogP contribution < -0.4 is 9.64 Å². The normalized spacial score (nSPS) is 17.7. The summed E-state index contributed by atoms with van der Waals surface area (Å²) in [7, 11) is 0. The van der Waals surface area contributed by atoms with E-state index in [0.29, 0.717) is 29.3 Å². The molecule has 2 aromatic carbocycles. The first-order valence-corrected chi connectivity index (χ1v) is 10.0. The molecule has 0 aliphatic carbocycles. The van der Waals surface area contributed by atoms with Crippen molar-refractivity contribution in [2.75, 3.05) is 11.5 Å². The molecule has 1 unspecified atom stereocenters. The van der Waals surface area contributed by atoms with E-state index in [2.05, 4.69) is 4.98 Å². The van der Waals surface area contributed by atoms with Gasteiger partial charge in [0.1, 0.15) is 17.6 Å². The Hall–Kier alpha value is -3.93. The van der Waals surface area contributed by atoms with Crippen molar-refractivity contribution in [3.05, 3.63) is 95.3 Å². The van der Waals surface area contributed by atoms with Gasteiger partial charge in [0.25, 0.3) is 11.7 Å². The number of pyridine rings is 1. The molecule has 2 heterocycles. The molecule has 31 heavy (non-hydrogen) atoms. The molecule has 1 aliphatic heterocycles. The van der Waals surface area contributed by atoms with E-state index in [9.17, 15) is 14.7 Å². The Morgan fingerprint density at radius 2 is 1.84 bits per heavy atom. The molecule has 0 radical (unpaired) electrons. The second-order valence-electron chi connectivity index (χ2n) is 7.17. The first-order valence-electron chi connectivity index (χ1n) is 10.0. The van der Waals surface area contributed by atoms with Crippen LogP contribution in [0, 0.1) is 6.92 Å². The maximum atomic E-state index is 13.1. The minimum Gasteiger partial charge on any atom is -0.507 e. The van der Waals surface area contributed by atoms with Gasteiger partial charge in [-0.05, 0) is 49.7 Å². The first kappa shape index (κ1) is 20.3. The summed E-state index contributed by atoms with van der Waals surface area (Å²) in [6, 6.07) is 18.6. The molecule has 6 nitrogen and oxygen atoms in total. The average molecular weight is 414 g/mol. The first-order chi connectivity index (χ1) is 15.0. The number of anilines is 1. The van der Waals surface area contributed by atoms with Gasteiger partial charge in [0.2, 0.25) is 0 Å². The van der Waals surface area contributed by atoms with Crippen molar-refractivity contribution in [2.24, 2.45) is 0 Å². The summed E-state index contributed by atoms with van der Waals surface area (Å²) in [5, 5.41) is 11.2. The van der Waals surface area contributed by atoms with E-state index in [0.717, 1.165) is 5.56 Å². The van der Waals surface area contributed by atoms with E-state index in [1.165, 1.54) is 4.90 Å². The molecule has 0 bridgehead atoms. The number of nitrogens with zero attached hydrogens (tertiary/aromatic N) is 2. The number of benzene rings is 2. The summed E-state index contributed by atoms with van der Waals surface area (Å²) in [6.45, 7) is 4.20. The number of ether oxygens (including phenoxy) is 1. The molecule has 1 aliphatic rings. The molecule has 0 saturated carbocycles. The van der Waals surface area contributed by atoms with Crippen LogP contribution in [-0.2, 0) is 9.59 Å². The number of amides is 1. The van der Waals surface area contributed by atoms with E-state index < -0.39 is 17.7 Å². The van der Waals surface area contributed by atoms with Crippen LogP contribution in [0.25, 0.3) is 5.76 Å². The summed E-state index contributed by atoms with van der Waals surface area (Å²) < 4.78 is 5.52. The Bertz CT molecular complexity index is 1170. The number of para-hydroxylation sites is 1. The minimum atomic E-state index is -0.849. The van der Waals surface area contributed by atoms with E-state index in [4.69, 9.17) is 4.74 Å². The van der Waals surface area contributed by atoms with E-state index in [1.807, 2.05) is 32.0 Å². The lowest BCUT2D eigenvalue weighted by molar-refractivity contribution is -0.132. The molecular formula is C25H22N2O4. The Morgan fingerprint density at radius 1 is 1.06 bits per heavy atom. The van der Waals surface area contributed by atoms with Crippen LogP contribution in [0.2, 0.25) is 0 Å². The van der Waals surface area contributed by atoms with Gasteiger partial charge in [-0.25, -0.2) is 0 Å². The van der Waals surface area contributed by atoms with Gasteiger partial charge in [-0.1, -0.05) is 36.4 Å². The van der Waals surface area contributed by atoms with Gasteiger partial charge in [-0.2, -0.15) is 0 Å². The van der Waals surface area contributed by atoms with Crippen molar-refractivity contribution < 1.29 is 19.4 Å². The molecule has 1 aromatic heterocycles. The Kier molecular flexibility index (Phi) is 5.54. The molecule has 6 heteroatoms. The average Bonchev–Trinajstić information content (AvgIpc) is 3.05. The molecular weight excluding hydrogens is 392 g/mol. The third kappa shape index (κ3) is 3.68. The lowest BCUT2D eigenvalue weighted by atomic mass is 9.98. The van der Waals surface area contributed by atoms with E-state index in [-0.39, 0.29) is 11.3 Å². The Labute approximate surface area is 180 Å². The molecule has 1 amide bonds. The van der Waals surface area contributed by atoms with Crippen LogP contribution in [0.1, 0.15) is 29.8 Å². The van der Waals surface area contributed by atoms with E-state index in [1.54, 1.807) is 54.7 Å². The monoisotopic (exact) mass is 414 g/mol. The quantitative estimate of drug-likeness (QED) is 0.380. The largest absolute Gasteiger partial charge is 0.507 e. The van der Waals surface area contributed by atoms with Crippen LogP contribution in [0.15, 0.2) is 78.5 Å². The number of carbonyl (C=O) groups is 2. The summed E-state index contributed by atoms with van der Waals surface area (Å²) in [5.74, 6) is -1.15. The smallest absolute Gasteiger partial charge is 0.300 e. The summed E-state index contributed by atoms with van der Waals surface area (Å²) in [6.07, 6.45) is 1.60. The SMILES string of the molecule is CCOc1cccc(/C(O)=C2/C(=O)C(=O)N(c3ccccc3C)C2c2ccccn2)c1. The van der Waals surface area contributed by atoms with Crippen LogP contribution in [0.4, 0.5) is 5.69 Å². The van der Waals surface area contributed by atoms with Crippen LogP contribution in [0.3, 0.4) is 0 Å². The zero-order valence-corrected chi connectivity index (χ0v) is 17.3. The van der Waals surface area contributed by atoms with Crippen molar-refractivity contribution in [3.8, 4) is 5.75 Å².